The van der Waals surface area contributed by atoms with Crippen molar-refractivity contribution in [1.82, 2.24) is 5.32 Å². The van der Waals surface area contributed by atoms with Crippen molar-refractivity contribution in [3.8, 4) is 0 Å². The molecule has 0 saturated heterocycles. The highest BCUT2D eigenvalue weighted by Gasteiger charge is 2.34. The third kappa shape index (κ3) is 6.38. The quantitative estimate of drug-likeness (QED) is 0.564. The third-order valence-corrected chi connectivity index (χ3v) is 7.13. The van der Waals surface area contributed by atoms with Crippen LogP contribution >= 0.6 is 23.4 Å². The van der Waals surface area contributed by atoms with Crippen molar-refractivity contribution in [2.24, 2.45) is 0 Å². The average Bonchev–Trinajstić information content (AvgIpc) is 2.81. The molecule has 0 aromatic heterocycles. The molecule has 3 rings (SSSR count). The number of amides is 1. The van der Waals surface area contributed by atoms with E-state index < -0.39 is 33.6 Å². The predicted octanol–water partition coefficient (Wildman–Crippen LogP) is 5.25. The topological polar surface area (TPSA) is 92.7 Å². The number of carbonyl (C=O) groups excluding carboxylic acids is 1. The lowest BCUT2D eigenvalue weighted by Crippen LogP contribution is -2.43. The summed E-state index contributed by atoms with van der Waals surface area (Å²) in [6.45, 7) is 5.27. The summed E-state index contributed by atoms with van der Waals surface area (Å²) in [5, 5.41) is 3.47. The van der Waals surface area contributed by atoms with Crippen LogP contribution in [0.25, 0.3) is 0 Å². The van der Waals surface area contributed by atoms with Crippen LogP contribution in [0.15, 0.2) is 47.4 Å². The molecule has 2 unspecified atom stereocenters. The molecule has 1 aliphatic rings. The number of carbonyl (C=O) groups is 1. The van der Waals surface area contributed by atoms with E-state index >= 15 is 0 Å². The van der Waals surface area contributed by atoms with E-state index in [0.29, 0.717) is 10.8 Å². The SMILES string of the molecule is CC(C)(C)OC(=O)NC(CCS(=O)(=O)O)C1c2ccccc2SCc2c(Cl)cccc21. The molecule has 31 heavy (non-hydrogen) atoms. The maximum absolute atomic E-state index is 12.6. The molecule has 2 aromatic rings. The second kappa shape index (κ2) is 9.40. The third-order valence-electron chi connectivity index (χ3n) is 4.91. The van der Waals surface area contributed by atoms with Crippen LogP contribution in [0, 0.1) is 0 Å². The van der Waals surface area contributed by atoms with Gasteiger partial charge in [-0.05, 0) is 56.0 Å². The number of nitrogens with one attached hydrogen (secondary N) is 1. The van der Waals surface area contributed by atoms with Gasteiger partial charge >= 0.3 is 6.09 Å². The maximum Gasteiger partial charge on any atom is 0.407 e. The molecular weight excluding hydrogens is 458 g/mol. The zero-order chi connectivity index (χ0) is 22.8. The van der Waals surface area contributed by atoms with Crippen molar-refractivity contribution in [2.75, 3.05) is 5.75 Å². The highest BCUT2D eigenvalue weighted by atomic mass is 35.5. The lowest BCUT2D eigenvalue weighted by Gasteiger charge is -2.31. The highest BCUT2D eigenvalue weighted by Crippen LogP contribution is 2.44. The van der Waals surface area contributed by atoms with Crippen LogP contribution < -0.4 is 5.32 Å². The predicted molar refractivity (Wildman–Crippen MR) is 123 cm³/mol. The van der Waals surface area contributed by atoms with Gasteiger partial charge in [-0.15, -0.1) is 11.8 Å². The Labute approximate surface area is 192 Å². The van der Waals surface area contributed by atoms with Crippen molar-refractivity contribution in [3.05, 3.63) is 64.2 Å². The first-order chi connectivity index (χ1) is 14.4. The Morgan fingerprint density at radius 1 is 1.23 bits per heavy atom. The summed E-state index contributed by atoms with van der Waals surface area (Å²) in [6.07, 6.45) is -0.640. The number of benzene rings is 2. The van der Waals surface area contributed by atoms with Crippen LogP contribution in [0.1, 0.15) is 49.8 Å². The van der Waals surface area contributed by atoms with Crippen LogP contribution in [0.2, 0.25) is 5.02 Å². The maximum atomic E-state index is 12.6. The minimum Gasteiger partial charge on any atom is -0.444 e. The summed E-state index contributed by atoms with van der Waals surface area (Å²) < 4.78 is 37.9. The first-order valence-electron chi connectivity index (χ1n) is 9.88. The van der Waals surface area contributed by atoms with Gasteiger partial charge < -0.3 is 10.1 Å². The highest BCUT2D eigenvalue weighted by molar-refractivity contribution is 7.98. The molecule has 0 aliphatic carbocycles. The number of halogens is 1. The monoisotopic (exact) mass is 483 g/mol. The number of hydrogen-bond acceptors (Lipinski definition) is 5. The minimum atomic E-state index is -4.22. The van der Waals surface area contributed by atoms with Gasteiger partial charge in [0.15, 0.2) is 0 Å². The number of alkyl carbamates (subject to hydrolysis) is 1. The van der Waals surface area contributed by atoms with Gasteiger partial charge in [0, 0.05) is 27.6 Å². The molecule has 9 heteroatoms. The normalized spacial score (nSPS) is 17.1. The van der Waals surface area contributed by atoms with Gasteiger partial charge in [0.25, 0.3) is 10.1 Å². The van der Waals surface area contributed by atoms with Crippen molar-refractivity contribution in [1.29, 1.82) is 0 Å². The summed E-state index contributed by atoms with van der Waals surface area (Å²) >= 11 is 8.15. The van der Waals surface area contributed by atoms with Gasteiger partial charge in [0.05, 0.1) is 5.75 Å². The summed E-state index contributed by atoms with van der Waals surface area (Å²) in [5.41, 5.74) is 2.11. The Morgan fingerprint density at radius 2 is 1.90 bits per heavy atom. The number of rotatable bonds is 5. The Morgan fingerprint density at radius 3 is 2.58 bits per heavy atom. The Bertz CT molecular complexity index is 1070. The first kappa shape index (κ1) is 23.9. The Balaban J connectivity index is 2.09. The van der Waals surface area contributed by atoms with Crippen molar-refractivity contribution < 1.29 is 22.5 Å². The number of thioether (sulfide) groups is 1. The van der Waals surface area contributed by atoms with Gasteiger partial charge in [-0.3, -0.25) is 4.55 Å². The van der Waals surface area contributed by atoms with Gasteiger partial charge in [-0.2, -0.15) is 8.42 Å². The molecule has 1 aliphatic heterocycles. The minimum absolute atomic E-state index is 0.00764. The second-order valence-corrected chi connectivity index (χ2v) is 11.4. The standard InChI is InChI=1S/C22H26ClNO5S2/c1-22(2,3)29-21(25)24-18(11-12-31(26,27)28)20-14-8-6-9-17(23)16(14)13-30-19-10-5-4-7-15(19)20/h4-10,18,20H,11-13H2,1-3H3,(H,24,25)(H,26,27,28). The first-order valence-corrected chi connectivity index (χ1v) is 12.9. The molecule has 0 saturated carbocycles. The van der Waals surface area contributed by atoms with E-state index in [-0.39, 0.29) is 12.3 Å². The van der Waals surface area contributed by atoms with E-state index in [2.05, 4.69) is 5.32 Å². The molecule has 6 nitrogen and oxygen atoms in total. The molecule has 2 aromatic carbocycles. The molecule has 2 atom stereocenters. The van der Waals surface area contributed by atoms with E-state index in [9.17, 15) is 17.8 Å². The molecule has 0 radical (unpaired) electrons. The van der Waals surface area contributed by atoms with Crippen LogP contribution in [-0.4, -0.2) is 36.5 Å². The molecule has 0 fully saturated rings. The fraction of sp³-hybridized carbons (Fsp3) is 0.409. The number of hydrogen-bond donors (Lipinski definition) is 2. The van der Waals surface area contributed by atoms with Gasteiger partial charge in [-0.25, -0.2) is 4.79 Å². The zero-order valence-electron chi connectivity index (χ0n) is 17.6. The van der Waals surface area contributed by atoms with E-state index in [0.717, 1.165) is 21.6 Å². The largest absolute Gasteiger partial charge is 0.444 e. The van der Waals surface area contributed by atoms with E-state index in [1.54, 1.807) is 32.5 Å². The fourth-order valence-electron chi connectivity index (χ4n) is 3.70. The number of ether oxygens (including phenoxy) is 1. The molecule has 168 valence electrons. The summed E-state index contributed by atoms with van der Waals surface area (Å²) in [5.74, 6) is -0.205. The molecular formula is C22H26ClNO5S2. The van der Waals surface area contributed by atoms with E-state index in [4.69, 9.17) is 16.3 Å². The van der Waals surface area contributed by atoms with Crippen LogP contribution in [0.3, 0.4) is 0 Å². The Hall–Kier alpha value is -1.74. The van der Waals surface area contributed by atoms with Crippen molar-refractivity contribution in [3.63, 3.8) is 0 Å². The lowest BCUT2D eigenvalue weighted by atomic mass is 9.82. The van der Waals surface area contributed by atoms with Gasteiger partial charge in [0.1, 0.15) is 5.60 Å². The molecule has 0 spiro atoms. The van der Waals surface area contributed by atoms with Gasteiger partial charge in [0.2, 0.25) is 0 Å². The number of fused-ring (bicyclic) bond motifs is 2. The molecule has 1 amide bonds. The Kier molecular flexibility index (Phi) is 7.25. The summed E-state index contributed by atoms with van der Waals surface area (Å²) in [7, 11) is -4.22. The summed E-state index contributed by atoms with van der Waals surface area (Å²) in [4.78, 5) is 13.7. The fourth-order valence-corrected chi connectivity index (χ4v) is 5.73. The van der Waals surface area contributed by atoms with Crippen LogP contribution in [0.4, 0.5) is 4.79 Å². The smallest absolute Gasteiger partial charge is 0.407 e. The molecule has 2 N–H and O–H groups in total. The summed E-state index contributed by atoms with van der Waals surface area (Å²) in [6, 6.07) is 12.8. The van der Waals surface area contributed by atoms with Crippen molar-refractivity contribution in [2.45, 2.75) is 55.4 Å². The molecule has 0 bridgehead atoms. The van der Waals surface area contributed by atoms with Crippen LogP contribution in [-0.2, 0) is 20.6 Å². The van der Waals surface area contributed by atoms with Gasteiger partial charge in [-0.1, -0.05) is 41.9 Å². The lowest BCUT2D eigenvalue weighted by molar-refractivity contribution is 0.0498. The zero-order valence-corrected chi connectivity index (χ0v) is 20.0. The average molecular weight is 484 g/mol. The molecule has 1 heterocycles. The van der Waals surface area contributed by atoms with E-state index in [1.165, 1.54) is 0 Å². The van der Waals surface area contributed by atoms with Crippen molar-refractivity contribution >= 4 is 39.6 Å². The van der Waals surface area contributed by atoms with Crippen LogP contribution in [0.5, 0.6) is 0 Å². The second-order valence-electron chi connectivity index (χ2n) is 8.44. The van der Waals surface area contributed by atoms with E-state index in [1.807, 2.05) is 42.5 Å².